The van der Waals surface area contributed by atoms with Gasteiger partial charge in [-0.1, -0.05) is 15.9 Å². The normalized spacial score (nSPS) is 15.2. The van der Waals surface area contributed by atoms with Gasteiger partial charge in [0.25, 0.3) is 6.43 Å². The summed E-state index contributed by atoms with van der Waals surface area (Å²) in [6.07, 6.45) is -1.76. The van der Waals surface area contributed by atoms with Crippen molar-refractivity contribution in [3.8, 4) is 11.5 Å². The molecular formula is C10H9BrF2O2. The SMILES string of the molecule is FC(F)c1cc2c(cc1Br)OCCCO2. The summed E-state index contributed by atoms with van der Waals surface area (Å²) in [5.41, 5.74) is -0.0701. The second-order valence-electron chi connectivity index (χ2n) is 3.17. The maximum Gasteiger partial charge on any atom is 0.265 e. The van der Waals surface area contributed by atoms with Gasteiger partial charge in [0.15, 0.2) is 11.5 Å². The van der Waals surface area contributed by atoms with Crippen LogP contribution in [0.1, 0.15) is 18.4 Å². The molecule has 0 N–H and O–H groups in total. The average Bonchev–Trinajstić information content (AvgIpc) is 2.40. The Kier molecular flexibility index (Phi) is 3.09. The van der Waals surface area contributed by atoms with Gasteiger partial charge in [0.1, 0.15) is 0 Å². The highest BCUT2D eigenvalue weighted by Gasteiger charge is 2.18. The molecule has 82 valence electrons. The van der Waals surface area contributed by atoms with Gasteiger partial charge in [-0.2, -0.15) is 0 Å². The third-order valence-electron chi connectivity index (χ3n) is 2.10. The molecular weight excluding hydrogens is 270 g/mol. The van der Waals surface area contributed by atoms with Gasteiger partial charge in [-0.25, -0.2) is 8.78 Å². The molecule has 0 bridgehead atoms. The highest BCUT2D eigenvalue weighted by molar-refractivity contribution is 9.10. The number of rotatable bonds is 1. The smallest absolute Gasteiger partial charge is 0.265 e. The molecule has 2 rings (SSSR count). The van der Waals surface area contributed by atoms with Gasteiger partial charge >= 0.3 is 0 Å². The fourth-order valence-corrected chi connectivity index (χ4v) is 1.86. The van der Waals surface area contributed by atoms with E-state index in [1.54, 1.807) is 0 Å². The lowest BCUT2D eigenvalue weighted by molar-refractivity contribution is 0.150. The number of hydrogen-bond acceptors (Lipinski definition) is 2. The molecule has 0 unspecified atom stereocenters. The predicted molar refractivity (Wildman–Crippen MR) is 54.7 cm³/mol. The zero-order chi connectivity index (χ0) is 10.8. The number of hydrogen-bond donors (Lipinski definition) is 0. The van der Waals surface area contributed by atoms with Crippen LogP contribution in [-0.2, 0) is 0 Å². The molecule has 0 amide bonds. The summed E-state index contributed by atoms with van der Waals surface area (Å²) in [5.74, 6) is 0.912. The Hall–Kier alpha value is -0.840. The van der Waals surface area contributed by atoms with E-state index in [2.05, 4.69) is 15.9 Å². The topological polar surface area (TPSA) is 18.5 Å². The van der Waals surface area contributed by atoms with E-state index < -0.39 is 6.43 Å². The first-order valence-electron chi connectivity index (χ1n) is 4.55. The van der Waals surface area contributed by atoms with Crippen molar-refractivity contribution in [3.05, 3.63) is 22.2 Å². The Morgan fingerprint density at radius 2 is 1.73 bits per heavy atom. The molecule has 1 aliphatic rings. The minimum Gasteiger partial charge on any atom is -0.490 e. The number of halogens is 3. The molecule has 0 saturated heterocycles. The summed E-state index contributed by atoms with van der Waals surface area (Å²) in [6, 6.07) is 2.86. The molecule has 0 saturated carbocycles. The van der Waals surface area contributed by atoms with Crippen LogP contribution in [0.5, 0.6) is 11.5 Å². The lowest BCUT2D eigenvalue weighted by Crippen LogP contribution is -1.97. The summed E-state index contributed by atoms with van der Waals surface area (Å²) in [7, 11) is 0. The van der Waals surface area contributed by atoms with Crippen molar-refractivity contribution in [3.63, 3.8) is 0 Å². The van der Waals surface area contributed by atoms with Crippen molar-refractivity contribution in [1.29, 1.82) is 0 Å². The fourth-order valence-electron chi connectivity index (χ4n) is 1.37. The van der Waals surface area contributed by atoms with Crippen molar-refractivity contribution in [2.75, 3.05) is 13.2 Å². The third-order valence-corrected chi connectivity index (χ3v) is 2.79. The number of ether oxygens (including phenoxy) is 2. The Morgan fingerprint density at radius 1 is 1.13 bits per heavy atom. The van der Waals surface area contributed by atoms with Crippen molar-refractivity contribution in [2.45, 2.75) is 12.8 Å². The molecule has 0 aromatic heterocycles. The Bertz CT molecular complexity index is 369. The highest BCUT2D eigenvalue weighted by atomic mass is 79.9. The summed E-state index contributed by atoms with van der Waals surface area (Å²) in [5, 5.41) is 0. The molecule has 1 aliphatic heterocycles. The molecule has 0 spiro atoms. The molecule has 0 aliphatic carbocycles. The van der Waals surface area contributed by atoms with Crippen LogP contribution in [0.3, 0.4) is 0 Å². The monoisotopic (exact) mass is 278 g/mol. The van der Waals surface area contributed by atoms with Gasteiger partial charge in [-0.05, 0) is 12.1 Å². The number of fused-ring (bicyclic) bond motifs is 1. The molecule has 0 radical (unpaired) electrons. The van der Waals surface area contributed by atoms with Crippen LogP contribution >= 0.6 is 15.9 Å². The van der Waals surface area contributed by atoms with E-state index in [9.17, 15) is 8.78 Å². The zero-order valence-corrected chi connectivity index (χ0v) is 9.39. The first-order valence-corrected chi connectivity index (χ1v) is 5.35. The van der Waals surface area contributed by atoms with Crippen LogP contribution in [-0.4, -0.2) is 13.2 Å². The second kappa shape index (κ2) is 4.35. The average molecular weight is 279 g/mol. The minimum absolute atomic E-state index is 0.0701. The van der Waals surface area contributed by atoms with Gasteiger partial charge < -0.3 is 9.47 Å². The summed E-state index contributed by atoms with van der Waals surface area (Å²) < 4.78 is 36.2. The largest absolute Gasteiger partial charge is 0.490 e. The Morgan fingerprint density at radius 3 is 2.33 bits per heavy atom. The molecule has 0 atom stereocenters. The molecule has 15 heavy (non-hydrogen) atoms. The Balaban J connectivity index is 2.42. The Labute approximate surface area is 94.3 Å². The summed E-state index contributed by atoms with van der Waals surface area (Å²) in [4.78, 5) is 0. The molecule has 5 heteroatoms. The molecule has 0 fully saturated rings. The van der Waals surface area contributed by atoms with Gasteiger partial charge in [0, 0.05) is 16.5 Å². The van der Waals surface area contributed by atoms with E-state index in [0.717, 1.165) is 6.42 Å². The van der Waals surface area contributed by atoms with E-state index in [-0.39, 0.29) is 5.56 Å². The minimum atomic E-state index is -2.52. The second-order valence-corrected chi connectivity index (χ2v) is 4.03. The molecule has 2 nitrogen and oxygen atoms in total. The molecule has 1 aromatic rings. The quantitative estimate of drug-likeness (QED) is 0.782. The van der Waals surface area contributed by atoms with Gasteiger partial charge in [-0.3, -0.25) is 0 Å². The number of alkyl halides is 2. The zero-order valence-electron chi connectivity index (χ0n) is 7.80. The van der Waals surface area contributed by atoms with E-state index in [1.165, 1.54) is 12.1 Å². The van der Waals surface area contributed by atoms with Crippen LogP contribution in [0.25, 0.3) is 0 Å². The summed E-state index contributed by atoms with van der Waals surface area (Å²) in [6.45, 7) is 1.05. The highest BCUT2D eigenvalue weighted by Crippen LogP contribution is 2.38. The van der Waals surface area contributed by atoms with Crippen LogP contribution in [0.15, 0.2) is 16.6 Å². The van der Waals surface area contributed by atoms with E-state index in [0.29, 0.717) is 29.2 Å². The summed E-state index contributed by atoms with van der Waals surface area (Å²) >= 11 is 3.09. The molecule has 1 aromatic carbocycles. The van der Waals surface area contributed by atoms with Crippen LogP contribution < -0.4 is 9.47 Å². The van der Waals surface area contributed by atoms with Crippen molar-refractivity contribution < 1.29 is 18.3 Å². The fraction of sp³-hybridized carbons (Fsp3) is 0.400. The lowest BCUT2D eigenvalue weighted by atomic mass is 10.2. The lowest BCUT2D eigenvalue weighted by Gasteiger charge is -2.10. The first kappa shape index (κ1) is 10.7. The van der Waals surface area contributed by atoms with Gasteiger partial charge in [0.05, 0.1) is 13.2 Å². The van der Waals surface area contributed by atoms with Gasteiger partial charge in [-0.15, -0.1) is 0 Å². The van der Waals surface area contributed by atoms with E-state index >= 15 is 0 Å². The van der Waals surface area contributed by atoms with Crippen molar-refractivity contribution in [2.24, 2.45) is 0 Å². The van der Waals surface area contributed by atoms with E-state index in [4.69, 9.17) is 9.47 Å². The standard InChI is InChI=1S/C10H9BrF2O2/c11-7-5-9-8(4-6(7)10(12)13)14-2-1-3-15-9/h4-5,10H,1-3H2. The van der Waals surface area contributed by atoms with Crippen LogP contribution in [0.2, 0.25) is 0 Å². The van der Waals surface area contributed by atoms with Gasteiger partial charge in [0.2, 0.25) is 0 Å². The van der Waals surface area contributed by atoms with Crippen molar-refractivity contribution in [1.82, 2.24) is 0 Å². The maximum atomic E-state index is 12.6. The first-order chi connectivity index (χ1) is 7.18. The van der Waals surface area contributed by atoms with Crippen LogP contribution in [0.4, 0.5) is 8.78 Å². The molecule has 1 heterocycles. The maximum absolute atomic E-state index is 12.6. The predicted octanol–water partition coefficient (Wildman–Crippen LogP) is 3.55. The van der Waals surface area contributed by atoms with Crippen LogP contribution in [0, 0.1) is 0 Å². The van der Waals surface area contributed by atoms with E-state index in [1.807, 2.05) is 0 Å². The number of benzene rings is 1. The van der Waals surface area contributed by atoms with Crippen molar-refractivity contribution >= 4 is 15.9 Å². The third kappa shape index (κ3) is 2.22.